The van der Waals surface area contributed by atoms with Gasteiger partial charge in [-0.25, -0.2) is 13.2 Å². The van der Waals surface area contributed by atoms with Gasteiger partial charge in [-0.2, -0.15) is 14.8 Å². The molecule has 0 aliphatic carbocycles. The molecule has 0 aliphatic heterocycles. The maximum Gasteiger partial charge on any atom is 0.337 e. The molecule has 0 aromatic heterocycles. The maximum atomic E-state index is 12.3. The number of halogens is 2. The maximum absolute atomic E-state index is 12.3. The van der Waals surface area contributed by atoms with Gasteiger partial charge in [0, 0.05) is 5.02 Å². The van der Waals surface area contributed by atoms with Crippen LogP contribution in [0, 0.1) is 22.7 Å². The summed E-state index contributed by atoms with van der Waals surface area (Å²) < 4.78 is 25.3. The van der Waals surface area contributed by atoms with Crippen LogP contribution in [0.25, 0.3) is 0 Å². The highest BCUT2D eigenvalue weighted by Crippen LogP contribution is 2.31. The summed E-state index contributed by atoms with van der Waals surface area (Å²) in [5.41, 5.74) is -0.489. The van der Waals surface area contributed by atoms with Gasteiger partial charge in [0.15, 0.2) is 0 Å². The Hall–Kier alpha value is -1.84. The first kappa shape index (κ1) is 17.2. The van der Waals surface area contributed by atoms with E-state index in [9.17, 15) is 13.2 Å². The lowest BCUT2D eigenvalue weighted by molar-refractivity contribution is 0.0697. The van der Waals surface area contributed by atoms with Crippen LogP contribution < -0.4 is 0 Å². The Bertz CT molecular complexity index is 749. The van der Waals surface area contributed by atoms with Crippen molar-refractivity contribution in [2.75, 3.05) is 13.1 Å². The standard InChI is InChI=1S/C11H7Cl2N3O4S/c12-7-5-8(11(17)18)10(13)9(6-7)21(19,20)16(3-1-14)4-2-15/h5-6H,3-4H2,(H,17,18). The molecule has 1 aromatic carbocycles. The first-order valence-corrected chi connectivity index (χ1v) is 7.41. The first-order valence-electron chi connectivity index (χ1n) is 5.22. The van der Waals surface area contributed by atoms with Crippen LogP contribution in [0.1, 0.15) is 10.4 Å². The summed E-state index contributed by atoms with van der Waals surface area (Å²) in [6.07, 6.45) is 0. The van der Waals surface area contributed by atoms with Crippen molar-refractivity contribution in [3.63, 3.8) is 0 Å². The topological polar surface area (TPSA) is 122 Å². The molecule has 110 valence electrons. The van der Waals surface area contributed by atoms with Gasteiger partial charge in [0.1, 0.15) is 18.0 Å². The number of nitriles is 2. The van der Waals surface area contributed by atoms with E-state index in [0.717, 1.165) is 12.1 Å². The lowest BCUT2D eigenvalue weighted by atomic mass is 10.2. The molecule has 1 aromatic rings. The zero-order valence-corrected chi connectivity index (χ0v) is 12.6. The number of sulfonamides is 1. The highest BCUT2D eigenvalue weighted by molar-refractivity contribution is 7.89. The summed E-state index contributed by atoms with van der Waals surface area (Å²) >= 11 is 11.5. The van der Waals surface area contributed by atoms with Crippen LogP contribution in [-0.2, 0) is 10.0 Å². The quantitative estimate of drug-likeness (QED) is 0.809. The summed E-state index contributed by atoms with van der Waals surface area (Å²) in [5, 5.41) is 25.5. The second kappa shape index (κ2) is 6.74. The van der Waals surface area contributed by atoms with E-state index in [1.54, 1.807) is 12.1 Å². The largest absolute Gasteiger partial charge is 0.478 e. The van der Waals surface area contributed by atoms with E-state index < -0.39 is 44.6 Å². The summed E-state index contributed by atoms with van der Waals surface area (Å²) in [4.78, 5) is 10.4. The minimum absolute atomic E-state index is 0.149. The molecule has 21 heavy (non-hydrogen) atoms. The molecule has 1 rings (SSSR count). The molecule has 0 spiro atoms. The number of benzene rings is 1. The Balaban J connectivity index is 3.55. The van der Waals surface area contributed by atoms with Crippen LogP contribution in [0.15, 0.2) is 17.0 Å². The van der Waals surface area contributed by atoms with Crippen molar-refractivity contribution >= 4 is 39.2 Å². The third-order valence-electron chi connectivity index (χ3n) is 2.35. The number of carbonyl (C=O) groups is 1. The average molecular weight is 348 g/mol. The molecule has 0 saturated heterocycles. The molecule has 0 heterocycles. The first-order chi connectivity index (χ1) is 9.75. The van der Waals surface area contributed by atoms with Gasteiger partial charge in [-0.1, -0.05) is 23.2 Å². The molecular formula is C11H7Cl2N3O4S. The second-order valence-corrected chi connectivity index (χ2v) is 6.38. The zero-order chi connectivity index (χ0) is 16.2. The molecule has 0 radical (unpaired) electrons. The SMILES string of the molecule is N#CCN(CC#N)S(=O)(=O)c1cc(Cl)cc(C(=O)O)c1Cl. The van der Waals surface area contributed by atoms with Crippen molar-refractivity contribution in [1.29, 1.82) is 10.5 Å². The number of carboxylic acid groups (broad SMARTS) is 1. The molecule has 10 heteroatoms. The third-order valence-corrected chi connectivity index (χ3v) is 4.90. The molecule has 0 saturated carbocycles. The third kappa shape index (κ3) is 3.63. The summed E-state index contributed by atoms with van der Waals surface area (Å²) in [7, 11) is -4.33. The van der Waals surface area contributed by atoms with Gasteiger partial charge in [-0.15, -0.1) is 0 Å². The van der Waals surface area contributed by atoms with E-state index >= 15 is 0 Å². The Labute approximate surface area is 130 Å². The van der Waals surface area contributed by atoms with Crippen LogP contribution >= 0.6 is 23.2 Å². The molecular weight excluding hydrogens is 341 g/mol. The fourth-order valence-electron chi connectivity index (χ4n) is 1.43. The predicted molar refractivity (Wildman–Crippen MR) is 73.4 cm³/mol. The van der Waals surface area contributed by atoms with Crippen LogP contribution in [0.4, 0.5) is 0 Å². The Kier molecular flexibility index (Phi) is 5.53. The van der Waals surface area contributed by atoms with Crippen LogP contribution in [0.3, 0.4) is 0 Å². The van der Waals surface area contributed by atoms with Crippen molar-refractivity contribution < 1.29 is 18.3 Å². The number of hydrogen-bond donors (Lipinski definition) is 1. The molecule has 0 unspecified atom stereocenters. The van der Waals surface area contributed by atoms with Gasteiger partial charge in [0.05, 0.1) is 22.7 Å². The fourth-order valence-corrected chi connectivity index (χ4v) is 3.54. The van der Waals surface area contributed by atoms with Gasteiger partial charge < -0.3 is 5.11 Å². The van der Waals surface area contributed by atoms with Gasteiger partial charge in [0.2, 0.25) is 10.0 Å². The van der Waals surface area contributed by atoms with Crippen molar-refractivity contribution in [2.45, 2.75) is 4.90 Å². The van der Waals surface area contributed by atoms with Crippen LogP contribution in [-0.4, -0.2) is 36.9 Å². The highest BCUT2D eigenvalue weighted by atomic mass is 35.5. The van der Waals surface area contributed by atoms with E-state index in [1.807, 2.05) is 0 Å². The Morgan fingerprint density at radius 1 is 1.24 bits per heavy atom. The lowest BCUT2D eigenvalue weighted by Crippen LogP contribution is -2.32. The normalized spacial score (nSPS) is 10.9. The van der Waals surface area contributed by atoms with Gasteiger partial charge >= 0.3 is 5.97 Å². The molecule has 0 fully saturated rings. The summed E-state index contributed by atoms with van der Waals surface area (Å²) in [5.74, 6) is -1.45. The smallest absolute Gasteiger partial charge is 0.337 e. The van der Waals surface area contributed by atoms with Crippen LogP contribution in [0.2, 0.25) is 10.0 Å². The monoisotopic (exact) mass is 347 g/mol. The van der Waals surface area contributed by atoms with E-state index in [-0.39, 0.29) is 5.02 Å². The second-order valence-electron chi connectivity index (χ2n) is 3.66. The minimum Gasteiger partial charge on any atom is -0.478 e. The predicted octanol–water partition coefficient (Wildman–Crippen LogP) is 1.73. The number of carboxylic acids is 1. The van der Waals surface area contributed by atoms with E-state index in [0.29, 0.717) is 4.31 Å². The van der Waals surface area contributed by atoms with Crippen molar-refractivity contribution in [1.82, 2.24) is 4.31 Å². The van der Waals surface area contributed by atoms with E-state index in [1.165, 1.54) is 0 Å². The number of hydrogen-bond acceptors (Lipinski definition) is 5. The zero-order valence-electron chi connectivity index (χ0n) is 10.2. The van der Waals surface area contributed by atoms with Crippen molar-refractivity contribution in [3.05, 3.63) is 27.7 Å². The fraction of sp³-hybridized carbons (Fsp3) is 0.182. The minimum atomic E-state index is -4.33. The molecule has 1 N–H and O–H groups in total. The molecule has 0 bridgehead atoms. The number of rotatable bonds is 5. The van der Waals surface area contributed by atoms with Crippen molar-refractivity contribution in [3.8, 4) is 12.1 Å². The Morgan fingerprint density at radius 3 is 2.19 bits per heavy atom. The van der Waals surface area contributed by atoms with E-state index in [2.05, 4.69) is 0 Å². The van der Waals surface area contributed by atoms with Gasteiger partial charge in [-0.05, 0) is 12.1 Å². The number of nitrogens with zero attached hydrogens (tertiary/aromatic N) is 3. The van der Waals surface area contributed by atoms with Gasteiger partial charge in [0.25, 0.3) is 0 Å². The number of aromatic carboxylic acids is 1. The molecule has 0 amide bonds. The molecule has 0 aliphatic rings. The van der Waals surface area contributed by atoms with E-state index in [4.69, 9.17) is 38.8 Å². The molecule has 0 atom stereocenters. The lowest BCUT2D eigenvalue weighted by Gasteiger charge is -2.17. The summed E-state index contributed by atoms with van der Waals surface area (Å²) in [6, 6.07) is 5.18. The Morgan fingerprint density at radius 2 is 1.76 bits per heavy atom. The highest BCUT2D eigenvalue weighted by Gasteiger charge is 2.29. The van der Waals surface area contributed by atoms with Crippen LogP contribution in [0.5, 0.6) is 0 Å². The summed E-state index contributed by atoms with van der Waals surface area (Å²) in [6.45, 7) is -1.16. The molecule has 7 nitrogen and oxygen atoms in total. The average Bonchev–Trinajstić information content (AvgIpc) is 2.40. The van der Waals surface area contributed by atoms with Gasteiger partial charge in [-0.3, -0.25) is 0 Å². The van der Waals surface area contributed by atoms with Crippen molar-refractivity contribution in [2.24, 2.45) is 0 Å².